The van der Waals surface area contributed by atoms with Crippen LogP contribution < -0.4 is 0 Å². The standard InChI is InChI=1S/C15H13N9S/c1-8(12-3-10-13(25-12)6-17-20-10)24-15-14(21-22-24)16-5-11(19-15)9-4-18-23(2)7-9/h3-8H,1-2H3,(H,17,20). The Hall–Kier alpha value is -3.14. The third-order valence-electron chi connectivity index (χ3n) is 4.11. The normalized spacial score (nSPS) is 13.0. The van der Waals surface area contributed by atoms with Crippen LogP contribution in [0.5, 0.6) is 0 Å². The van der Waals surface area contributed by atoms with Crippen molar-refractivity contribution in [3.05, 3.63) is 35.7 Å². The minimum absolute atomic E-state index is 0.00533. The van der Waals surface area contributed by atoms with Crippen LogP contribution in [0.25, 0.3) is 32.8 Å². The largest absolute Gasteiger partial charge is 0.277 e. The van der Waals surface area contributed by atoms with Gasteiger partial charge in [0.05, 0.1) is 40.5 Å². The van der Waals surface area contributed by atoms with E-state index >= 15 is 0 Å². The molecular weight excluding hydrogens is 338 g/mol. The lowest BCUT2D eigenvalue weighted by Gasteiger charge is -2.09. The molecule has 25 heavy (non-hydrogen) atoms. The molecule has 9 nitrogen and oxygen atoms in total. The first-order chi connectivity index (χ1) is 12.2. The predicted molar refractivity (Wildman–Crippen MR) is 93.1 cm³/mol. The Morgan fingerprint density at radius 3 is 2.96 bits per heavy atom. The zero-order valence-electron chi connectivity index (χ0n) is 13.5. The average Bonchev–Trinajstić information content (AvgIpc) is 3.36. The first-order valence-electron chi connectivity index (χ1n) is 7.69. The van der Waals surface area contributed by atoms with Gasteiger partial charge in [0.1, 0.15) is 0 Å². The summed E-state index contributed by atoms with van der Waals surface area (Å²) in [5, 5.41) is 19.6. The highest BCUT2D eigenvalue weighted by Gasteiger charge is 2.19. The molecule has 0 saturated carbocycles. The Labute approximate surface area is 145 Å². The molecule has 5 aromatic rings. The van der Waals surface area contributed by atoms with Crippen molar-refractivity contribution in [2.75, 3.05) is 0 Å². The van der Waals surface area contributed by atoms with Crippen molar-refractivity contribution in [2.24, 2.45) is 7.05 Å². The van der Waals surface area contributed by atoms with Gasteiger partial charge in [-0.15, -0.1) is 16.4 Å². The minimum Gasteiger partial charge on any atom is -0.277 e. The fraction of sp³-hybridized carbons (Fsp3) is 0.200. The third-order valence-corrected chi connectivity index (χ3v) is 5.35. The van der Waals surface area contributed by atoms with Crippen molar-refractivity contribution in [2.45, 2.75) is 13.0 Å². The van der Waals surface area contributed by atoms with Crippen LogP contribution in [0.3, 0.4) is 0 Å². The van der Waals surface area contributed by atoms with Gasteiger partial charge in [0, 0.05) is 23.7 Å². The maximum Gasteiger partial charge on any atom is 0.221 e. The van der Waals surface area contributed by atoms with E-state index in [1.807, 2.05) is 19.4 Å². The molecule has 0 aliphatic carbocycles. The van der Waals surface area contributed by atoms with Crippen molar-refractivity contribution in [1.82, 2.24) is 44.9 Å². The summed E-state index contributed by atoms with van der Waals surface area (Å²) in [4.78, 5) is 10.3. The molecule has 0 saturated heterocycles. The van der Waals surface area contributed by atoms with Gasteiger partial charge in [-0.05, 0) is 13.0 Å². The van der Waals surface area contributed by atoms with E-state index in [1.54, 1.807) is 33.1 Å². The van der Waals surface area contributed by atoms with Crippen molar-refractivity contribution in [1.29, 1.82) is 0 Å². The van der Waals surface area contributed by atoms with Gasteiger partial charge in [-0.25, -0.2) is 14.6 Å². The number of rotatable bonds is 3. The van der Waals surface area contributed by atoms with Gasteiger partial charge >= 0.3 is 0 Å². The van der Waals surface area contributed by atoms with Crippen LogP contribution in [-0.2, 0) is 7.05 Å². The number of nitrogens with zero attached hydrogens (tertiary/aromatic N) is 8. The molecule has 124 valence electrons. The lowest BCUT2D eigenvalue weighted by atomic mass is 10.2. The summed E-state index contributed by atoms with van der Waals surface area (Å²) in [6.07, 6.45) is 7.20. The Balaban J connectivity index is 1.61. The SMILES string of the molecule is CC(c1cc2[nH]ncc2s1)n1nnc2ncc(-c3cnn(C)c3)nc21. The van der Waals surface area contributed by atoms with Crippen LogP contribution in [0.4, 0.5) is 0 Å². The molecule has 0 aliphatic rings. The zero-order valence-corrected chi connectivity index (χ0v) is 14.3. The highest BCUT2D eigenvalue weighted by molar-refractivity contribution is 7.19. The van der Waals surface area contributed by atoms with Crippen LogP contribution in [0, 0.1) is 0 Å². The first kappa shape index (κ1) is 14.2. The van der Waals surface area contributed by atoms with Crippen molar-refractivity contribution in [3.8, 4) is 11.3 Å². The van der Waals surface area contributed by atoms with Crippen LogP contribution in [0.2, 0.25) is 0 Å². The lowest BCUT2D eigenvalue weighted by Crippen LogP contribution is -2.08. The third kappa shape index (κ3) is 2.22. The second-order valence-electron chi connectivity index (χ2n) is 5.81. The molecule has 1 atom stereocenters. The molecule has 5 rings (SSSR count). The summed E-state index contributed by atoms with van der Waals surface area (Å²) in [7, 11) is 1.87. The van der Waals surface area contributed by atoms with Gasteiger partial charge in [-0.1, -0.05) is 5.21 Å². The van der Waals surface area contributed by atoms with Crippen LogP contribution in [0.15, 0.2) is 30.9 Å². The molecule has 0 amide bonds. The highest BCUT2D eigenvalue weighted by Crippen LogP contribution is 2.31. The maximum absolute atomic E-state index is 4.71. The molecule has 5 aromatic heterocycles. The molecule has 0 bridgehead atoms. The summed E-state index contributed by atoms with van der Waals surface area (Å²) >= 11 is 1.68. The molecule has 0 aliphatic heterocycles. The van der Waals surface area contributed by atoms with Crippen molar-refractivity contribution >= 4 is 32.8 Å². The van der Waals surface area contributed by atoms with E-state index in [1.165, 1.54) is 0 Å². The van der Waals surface area contributed by atoms with Crippen LogP contribution in [0.1, 0.15) is 17.8 Å². The number of H-pyrrole nitrogens is 1. The van der Waals surface area contributed by atoms with E-state index in [-0.39, 0.29) is 6.04 Å². The molecule has 1 unspecified atom stereocenters. The van der Waals surface area contributed by atoms with Gasteiger partial charge < -0.3 is 0 Å². The molecule has 0 aromatic carbocycles. The molecule has 10 heteroatoms. The quantitative estimate of drug-likeness (QED) is 0.534. The lowest BCUT2D eigenvalue weighted by molar-refractivity contribution is 0.563. The fourth-order valence-electron chi connectivity index (χ4n) is 2.78. The van der Waals surface area contributed by atoms with Gasteiger partial charge in [-0.2, -0.15) is 10.2 Å². The van der Waals surface area contributed by atoms with E-state index in [0.717, 1.165) is 26.4 Å². The fourth-order valence-corrected chi connectivity index (χ4v) is 3.80. The summed E-state index contributed by atoms with van der Waals surface area (Å²) in [6.45, 7) is 2.07. The van der Waals surface area contributed by atoms with Crippen LogP contribution in [-0.4, -0.2) is 44.9 Å². The van der Waals surface area contributed by atoms with E-state index in [0.29, 0.717) is 11.3 Å². The number of aromatic nitrogens is 9. The summed E-state index contributed by atoms with van der Waals surface area (Å²) in [5.41, 5.74) is 3.87. The van der Waals surface area contributed by atoms with E-state index in [2.05, 4.69) is 43.6 Å². The summed E-state index contributed by atoms with van der Waals surface area (Å²) < 4.78 is 4.66. The average molecular weight is 351 g/mol. The topological polar surface area (TPSA) is 103 Å². The maximum atomic E-state index is 4.71. The molecule has 0 fully saturated rings. The van der Waals surface area contributed by atoms with Gasteiger partial charge in [-0.3, -0.25) is 9.78 Å². The Morgan fingerprint density at radius 1 is 1.24 bits per heavy atom. The summed E-state index contributed by atoms with van der Waals surface area (Å²) in [5.74, 6) is 0. The minimum atomic E-state index is -0.00533. The number of fused-ring (bicyclic) bond motifs is 2. The molecule has 0 radical (unpaired) electrons. The number of nitrogens with one attached hydrogen (secondary N) is 1. The molecule has 0 spiro atoms. The van der Waals surface area contributed by atoms with E-state index in [9.17, 15) is 0 Å². The van der Waals surface area contributed by atoms with Crippen LogP contribution >= 0.6 is 11.3 Å². The number of thiophene rings is 1. The number of hydrogen-bond donors (Lipinski definition) is 1. The summed E-state index contributed by atoms with van der Waals surface area (Å²) in [6, 6.07) is 2.08. The Morgan fingerprint density at radius 2 is 2.16 bits per heavy atom. The highest BCUT2D eigenvalue weighted by atomic mass is 32.1. The molecule has 5 heterocycles. The zero-order chi connectivity index (χ0) is 17.0. The van der Waals surface area contributed by atoms with Crippen molar-refractivity contribution in [3.63, 3.8) is 0 Å². The molecular formula is C15H13N9S. The second-order valence-corrected chi connectivity index (χ2v) is 6.93. The number of aromatic amines is 1. The Bertz CT molecular complexity index is 1170. The van der Waals surface area contributed by atoms with Crippen molar-refractivity contribution < 1.29 is 0 Å². The number of aryl methyl sites for hydroxylation is 1. The van der Waals surface area contributed by atoms with E-state index < -0.39 is 0 Å². The Kier molecular flexibility index (Phi) is 2.95. The number of hydrogen-bond acceptors (Lipinski definition) is 7. The van der Waals surface area contributed by atoms with Gasteiger partial charge in [0.15, 0.2) is 5.65 Å². The first-order valence-corrected chi connectivity index (χ1v) is 8.50. The molecule has 1 N–H and O–H groups in total. The van der Waals surface area contributed by atoms with Gasteiger partial charge in [0.2, 0.25) is 5.65 Å². The van der Waals surface area contributed by atoms with Gasteiger partial charge in [0.25, 0.3) is 0 Å². The van der Waals surface area contributed by atoms with E-state index in [4.69, 9.17) is 4.98 Å². The predicted octanol–water partition coefficient (Wildman–Crippen LogP) is 2.17. The smallest absolute Gasteiger partial charge is 0.221 e. The second kappa shape index (κ2) is 5.18. The monoisotopic (exact) mass is 351 g/mol.